The first-order valence-corrected chi connectivity index (χ1v) is 9.80. The summed E-state index contributed by atoms with van der Waals surface area (Å²) >= 11 is 1.74. The summed E-state index contributed by atoms with van der Waals surface area (Å²) in [5.74, 6) is -0.648. The van der Waals surface area contributed by atoms with Gasteiger partial charge < -0.3 is 9.30 Å². The number of aryl methyl sites for hydroxylation is 3. The van der Waals surface area contributed by atoms with Gasteiger partial charge in [0.25, 0.3) is 0 Å². The SMILES string of the molecule is Cc1cccc(C(=O)OCC(=O)c2cc(C)n(CCc3cccs3)c2C)c1. The number of Topliss-reactive ketones (excluding diaryl/α,β-unsaturated/α-hetero) is 1. The van der Waals surface area contributed by atoms with Gasteiger partial charge in [-0.25, -0.2) is 4.79 Å². The zero-order valence-corrected chi connectivity index (χ0v) is 16.6. The number of rotatable bonds is 7. The number of thiophene rings is 1. The maximum atomic E-state index is 12.6. The first-order valence-electron chi connectivity index (χ1n) is 8.92. The van der Waals surface area contributed by atoms with Crippen molar-refractivity contribution in [2.45, 2.75) is 33.7 Å². The van der Waals surface area contributed by atoms with E-state index in [2.05, 4.69) is 16.0 Å². The minimum absolute atomic E-state index is 0.175. The number of ether oxygens (including phenoxy) is 1. The molecule has 0 bridgehead atoms. The van der Waals surface area contributed by atoms with Crippen LogP contribution in [0.5, 0.6) is 0 Å². The van der Waals surface area contributed by atoms with E-state index in [1.165, 1.54) is 4.88 Å². The fraction of sp³-hybridized carbons (Fsp3) is 0.273. The number of hydrogen-bond donors (Lipinski definition) is 0. The number of ketones is 1. The molecule has 0 aliphatic rings. The van der Waals surface area contributed by atoms with Crippen LogP contribution in [0, 0.1) is 20.8 Å². The Bertz CT molecular complexity index is 954. The van der Waals surface area contributed by atoms with Gasteiger partial charge in [-0.3, -0.25) is 4.79 Å². The van der Waals surface area contributed by atoms with Crippen molar-refractivity contribution in [1.82, 2.24) is 4.57 Å². The summed E-state index contributed by atoms with van der Waals surface area (Å²) in [6.45, 7) is 6.43. The molecular weight excluding hydrogens is 358 g/mol. The molecule has 27 heavy (non-hydrogen) atoms. The van der Waals surface area contributed by atoms with Crippen LogP contribution in [-0.2, 0) is 17.7 Å². The third-order valence-corrected chi connectivity index (χ3v) is 5.56. The normalized spacial score (nSPS) is 10.8. The predicted molar refractivity (Wildman–Crippen MR) is 108 cm³/mol. The second-order valence-corrected chi connectivity index (χ2v) is 7.67. The first-order chi connectivity index (χ1) is 13.0. The van der Waals surface area contributed by atoms with Crippen molar-refractivity contribution >= 4 is 23.1 Å². The molecule has 3 aromatic rings. The highest BCUT2D eigenvalue weighted by molar-refractivity contribution is 7.09. The van der Waals surface area contributed by atoms with E-state index in [1.54, 1.807) is 29.5 Å². The van der Waals surface area contributed by atoms with Crippen molar-refractivity contribution in [1.29, 1.82) is 0 Å². The predicted octanol–water partition coefficient (Wildman–Crippen LogP) is 4.76. The Morgan fingerprint density at radius 1 is 1.07 bits per heavy atom. The van der Waals surface area contributed by atoms with Gasteiger partial charge in [-0.05, 0) is 56.8 Å². The van der Waals surface area contributed by atoms with Gasteiger partial charge >= 0.3 is 5.97 Å². The zero-order valence-electron chi connectivity index (χ0n) is 15.8. The molecule has 2 heterocycles. The van der Waals surface area contributed by atoms with Crippen molar-refractivity contribution in [3.05, 3.63) is 80.8 Å². The minimum atomic E-state index is -0.474. The van der Waals surface area contributed by atoms with Gasteiger partial charge in [0.2, 0.25) is 5.78 Å². The third kappa shape index (κ3) is 4.55. The molecule has 0 aliphatic heterocycles. The Kier molecular flexibility index (Phi) is 5.91. The molecule has 140 valence electrons. The maximum Gasteiger partial charge on any atom is 0.338 e. The van der Waals surface area contributed by atoms with Crippen LogP contribution in [-0.4, -0.2) is 22.9 Å². The van der Waals surface area contributed by atoms with Crippen LogP contribution < -0.4 is 0 Å². The largest absolute Gasteiger partial charge is 0.454 e. The Balaban J connectivity index is 1.64. The molecular formula is C22H23NO3S. The van der Waals surface area contributed by atoms with Crippen molar-refractivity contribution in [2.24, 2.45) is 0 Å². The standard InChI is InChI=1S/C22H23NO3S/c1-15-6-4-7-18(12-15)22(25)26-14-21(24)20-13-16(2)23(17(20)3)10-9-19-8-5-11-27-19/h4-8,11-13H,9-10,14H2,1-3H3. The molecule has 5 heteroatoms. The van der Waals surface area contributed by atoms with E-state index in [1.807, 2.05) is 39.0 Å². The molecule has 1 aromatic carbocycles. The summed E-state index contributed by atoms with van der Waals surface area (Å²) in [6.07, 6.45) is 0.935. The van der Waals surface area contributed by atoms with Crippen LogP contribution in [0.15, 0.2) is 47.8 Å². The molecule has 2 aromatic heterocycles. The van der Waals surface area contributed by atoms with Gasteiger partial charge in [-0.15, -0.1) is 11.3 Å². The Morgan fingerprint density at radius 3 is 2.59 bits per heavy atom. The second kappa shape index (κ2) is 8.35. The summed E-state index contributed by atoms with van der Waals surface area (Å²) in [6, 6.07) is 13.2. The number of nitrogens with zero attached hydrogens (tertiary/aromatic N) is 1. The lowest BCUT2D eigenvalue weighted by molar-refractivity contribution is 0.0474. The maximum absolute atomic E-state index is 12.6. The molecule has 4 nitrogen and oxygen atoms in total. The van der Waals surface area contributed by atoms with Gasteiger partial charge in [0.15, 0.2) is 6.61 Å². The van der Waals surface area contributed by atoms with Crippen molar-refractivity contribution in [3.8, 4) is 0 Å². The van der Waals surface area contributed by atoms with Gasteiger partial charge in [0.1, 0.15) is 0 Å². The average molecular weight is 381 g/mol. The molecule has 0 aliphatic carbocycles. The van der Waals surface area contributed by atoms with Crippen LogP contribution in [0.4, 0.5) is 0 Å². The number of esters is 1. The van der Waals surface area contributed by atoms with Crippen LogP contribution in [0.1, 0.15) is 42.5 Å². The Labute approximate surface area is 163 Å². The third-order valence-electron chi connectivity index (χ3n) is 4.62. The van der Waals surface area contributed by atoms with E-state index in [9.17, 15) is 9.59 Å². The number of aromatic nitrogens is 1. The number of hydrogen-bond acceptors (Lipinski definition) is 4. The van der Waals surface area contributed by atoms with E-state index >= 15 is 0 Å². The van der Waals surface area contributed by atoms with E-state index < -0.39 is 5.97 Å². The zero-order chi connectivity index (χ0) is 19.4. The van der Waals surface area contributed by atoms with Gasteiger partial charge in [0.05, 0.1) is 5.56 Å². The molecule has 3 rings (SSSR count). The van der Waals surface area contributed by atoms with Crippen LogP contribution in [0.25, 0.3) is 0 Å². The Hall–Kier alpha value is -2.66. The van der Waals surface area contributed by atoms with Gasteiger partial charge in [0, 0.05) is 28.4 Å². The summed E-state index contributed by atoms with van der Waals surface area (Å²) in [5, 5.41) is 2.07. The van der Waals surface area contributed by atoms with Crippen LogP contribution >= 0.6 is 11.3 Å². The summed E-state index contributed by atoms with van der Waals surface area (Å²) < 4.78 is 7.37. The summed E-state index contributed by atoms with van der Waals surface area (Å²) in [4.78, 5) is 26.0. The van der Waals surface area contributed by atoms with Crippen molar-refractivity contribution < 1.29 is 14.3 Å². The summed E-state index contributed by atoms with van der Waals surface area (Å²) in [5.41, 5.74) is 4.02. The molecule has 0 N–H and O–H groups in total. The number of benzene rings is 1. The monoisotopic (exact) mass is 381 g/mol. The summed E-state index contributed by atoms with van der Waals surface area (Å²) in [7, 11) is 0. The highest BCUT2D eigenvalue weighted by Gasteiger charge is 2.18. The smallest absolute Gasteiger partial charge is 0.338 e. The lowest BCUT2D eigenvalue weighted by Crippen LogP contribution is -2.15. The minimum Gasteiger partial charge on any atom is -0.454 e. The first kappa shape index (κ1) is 19.1. The van der Waals surface area contributed by atoms with Gasteiger partial charge in [-0.2, -0.15) is 0 Å². The second-order valence-electron chi connectivity index (χ2n) is 6.63. The lowest BCUT2D eigenvalue weighted by atomic mass is 10.1. The highest BCUT2D eigenvalue weighted by atomic mass is 32.1. The molecule has 0 saturated heterocycles. The quantitative estimate of drug-likeness (QED) is 0.438. The molecule has 0 fully saturated rings. The van der Waals surface area contributed by atoms with E-state index in [0.29, 0.717) is 11.1 Å². The molecule has 0 saturated carbocycles. The average Bonchev–Trinajstić information content (AvgIpc) is 3.26. The van der Waals surface area contributed by atoms with E-state index in [-0.39, 0.29) is 12.4 Å². The lowest BCUT2D eigenvalue weighted by Gasteiger charge is -2.09. The van der Waals surface area contributed by atoms with Crippen molar-refractivity contribution in [3.63, 3.8) is 0 Å². The fourth-order valence-corrected chi connectivity index (χ4v) is 3.87. The number of carbonyl (C=O) groups excluding carboxylic acids is 2. The van der Waals surface area contributed by atoms with E-state index in [4.69, 9.17) is 4.74 Å². The molecule has 0 unspecified atom stereocenters. The van der Waals surface area contributed by atoms with Crippen LogP contribution in [0.3, 0.4) is 0 Å². The van der Waals surface area contributed by atoms with E-state index in [0.717, 1.165) is 29.9 Å². The fourth-order valence-electron chi connectivity index (χ4n) is 3.17. The molecule has 0 radical (unpaired) electrons. The van der Waals surface area contributed by atoms with Crippen LogP contribution in [0.2, 0.25) is 0 Å². The molecule has 0 spiro atoms. The number of carbonyl (C=O) groups is 2. The highest BCUT2D eigenvalue weighted by Crippen LogP contribution is 2.18. The Morgan fingerprint density at radius 2 is 1.89 bits per heavy atom. The van der Waals surface area contributed by atoms with Gasteiger partial charge in [-0.1, -0.05) is 23.8 Å². The van der Waals surface area contributed by atoms with Crippen molar-refractivity contribution in [2.75, 3.05) is 6.61 Å². The molecule has 0 atom stereocenters. The topological polar surface area (TPSA) is 48.3 Å². The molecule has 0 amide bonds.